The first-order valence-corrected chi connectivity index (χ1v) is 9.22. The Morgan fingerprint density at radius 1 is 0.967 bits per heavy atom. The van der Waals surface area contributed by atoms with Crippen LogP contribution in [0.1, 0.15) is 22.1 Å². The lowest BCUT2D eigenvalue weighted by molar-refractivity contribution is -0.991. The molecule has 150 valence electrons. The summed E-state index contributed by atoms with van der Waals surface area (Å²) in [5.74, 6) is -0.696. The quantitative estimate of drug-likeness (QED) is 0.402. The van der Waals surface area contributed by atoms with Crippen molar-refractivity contribution in [3.63, 3.8) is 0 Å². The van der Waals surface area contributed by atoms with Crippen LogP contribution in [0.3, 0.4) is 0 Å². The fraction of sp³-hybridized carbons (Fsp3) is 0.0435. The Morgan fingerprint density at radius 3 is 2.20 bits per heavy atom. The predicted octanol–water partition coefficient (Wildman–Crippen LogP) is 3.59. The molecule has 0 amide bonds. The Labute approximate surface area is 171 Å². The average molecular weight is 402 g/mol. The molecule has 0 fully saturated rings. The second kappa shape index (κ2) is 7.92. The Kier molecular flexibility index (Phi) is 5.16. The van der Waals surface area contributed by atoms with Crippen molar-refractivity contribution in [2.45, 2.75) is 6.92 Å². The van der Waals surface area contributed by atoms with Gasteiger partial charge in [0.15, 0.2) is 11.4 Å². The van der Waals surface area contributed by atoms with E-state index in [4.69, 9.17) is 4.74 Å². The predicted molar refractivity (Wildman–Crippen MR) is 111 cm³/mol. The molecule has 0 aliphatic rings. The number of quaternary nitrogens is 1. The van der Waals surface area contributed by atoms with Gasteiger partial charge < -0.3 is 9.94 Å². The summed E-state index contributed by atoms with van der Waals surface area (Å²) >= 11 is 0. The average Bonchev–Trinajstić information content (AvgIpc) is 3.08. The van der Waals surface area contributed by atoms with Gasteiger partial charge in [0.1, 0.15) is 0 Å². The molecule has 0 radical (unpaired) electrons. The second-order valence-corrected chi connectivity index (χ2v) is 6.69. The molecule has 1 atom stereocenters. The van der Waals surface area contributed by atoms with Gasteiger partial charge in [-0.25, -0.2) is 10.0 Å². The molecule has 0 bridgehead atoms. The third kappa shape index (κ3) is 3.48. The van der Waals surface area contributed by atoms with Crippen LogP contribution in [-0.2, 0) is 0 Å². The van der Waals surface area contributed by atoms with Crippen molar-refractivity contribution in [2.24, 2.45) is 0 Å². The molecule has 0 saturated heterocycles. The Balaban J connectivity index is 1.99. The smallest absolute Gasteiger partial charge is 0.343 e. The first-order valence-electron chi connectivity index (χ1n) is 9.22. The van der Waals surface area contributed by atoms with Crippen LogP contribution in [0.4, 0.5) is 5.69 Å². The number of carbonyl (C=O) groups is 2. The molecule has 1 heterocycles. The maximum Gasteiger partial charge on any atom is 0.343 e. The van der Waals surface area contributed by atoms with Gasteiger partial charge in [-0.05, 0) is 18.2 Å². The molecule has 0 spiro atoms. The molecule has 2 N–H and O–H groups in total. The maximum atomic E-state index is 12.8. The van der Waals surface area contributed by atoms with Crippen molar-refractivity contribution in [3.05, 3.63) is 89.6 Å². The summed E-state index contributed by atoms with van der Waals surface area (Å²) in [6.45, 7) is 1.38. The van der Waals surface area contributed by atoms with Crippen molar-refractivity contribution in [2.75, 3.05) is 0 Å². The van der Waals surface area contributed by atoms with Crippen LogP contribution in [0.25, 0.3) is 22.2 Å². The molecule has 7 heteroatoms. The van der Waals surface area contributed by atoms with E-state index in [1.54, 1.807) is 48.5 Å². The Bertz CT molecular complexity index is 1230. The first-order chi connectivity index (χ1) is 14.5. The lowest BCUT2D eigenvalue weighted by Crippen LogP contribution is -2.99. The third-order valence-electron chi connectivity index (χ3n) is 4.74. The van der Waals surface area contributed by atoms with E-state index in [2.05, 4.69) is 0 Å². The molecule has 1 unspecified atom stereocenters. The Morgan fingerprint density at radius 2 is 1.60 bits per heavy atom. The molecule has 0 saturated carbocycles. The van der Waals surface area contributed by atoms with Crippen molar-refractivity contribution in [1.29, 1.82) is 0 Å². The fourth-order valence-electron chi connectivity index (χ4n) is 3.40. The van der Waals surface area contributed by atoms with Crippen molar-refractivity contribution < 1.29 is 24.8 Å². The molecule has 1 aromatic heterocycles. The van der Waals surface area contributed by atoms with E-state index < -0.39 is 11.2 Å². The van der Waals surface area contributed by atoms with Crippen molar-refractivity contribution in [3.8, 4) is 17.0 Å². The fourth-order valence-corrected chi connectivity index (χ4v) is 3.40. The van der Waals surface area contributed by atoms with Gasteiger partial charge in [0.2, 0.25) is 5.91 Å². The van der Waals surface area contributed by atoms with Crippen LogP contribution in [0, 0.1) is 5.21 Å². The zero-order valence-electron chi connectivity index (χ0n) is 16.0. The van der Waals surface area contributed by atoms with E-state index in [0.29, 0.717) is 27.7 Å². The van der Waals surface area contributed by atoms with Crippen LogP contribution >= 0.6 is 0 Å². The summed E-state index contributed by atoms with van der Waals surface area (Å²) in [6.07, 6.45) is 0. The van der Waals surface area contributed by atoms with E-state index in [9.17, 15) is 20.0 Å². The summed E-state index contributed by atoms with van der Waals surface area (Å²) in [4.78, 5) is 25.4. The largest absolute Gasteiger partial charge is 0.595 e. The summed E-state index contributed by atoms with van der Waals surface area (Å²) in [5, 5.41) is 20.2. The lowest BCUT2D eigenvalue weighted by atomic mass is 10.1. The van der Waals surface area contributed by atoms with Gasteiger partial charge in [0, 0.05) is 30.0 Å². The van der Waals surface area contributed by atoms with Crippen LogP contribution in [0.2, 0.25) is 0 Å². The lowest BCUT2D eigenvalue weighted by Gasteiger charge is -2.12. The second-order valence-electron chi connectivity index (χ2n) is 6.69. The summed E-state index contributed by atoms with van der Waals surface area (Å²) in [5.41, 5.74) is 1.81. The molecule has 0 aliphatic heterocycles. The standard InChI is InChI=1S/C23H18N2O5/c1-15(26)24-20-14-18(25(28)29)12-13-19(20)22(21(24)16-8-4-2-5-9-16)30-23(27)17-10-6-3-7-11-17/h2-14,25,28H,1H3. The van der Waals surface area contributed by atoms with Gasteiger partial charge >= 0.3 is 5.97 Å². The monoisotopic (exact) mass is 402 g/mol. The number of nitrogens with one attached hydrogen (secondary N) is 1. The number of fused-ring (bicyclic) bond motifs is 1. The van der Waals surface area contributed by atoms with Crippen LogP contribution in [0.5, 0.6) is 5.75 Å². The highest BCUT2D eigenvalue weighted by molar-refractivity contribution is 6.06. The number of benzene rings is 3. The summed E-state index contributed by atoms with van der Waals surface area (Å²) < 4.78 is 7.15. The van der Waals surface area contributed by atoms with Gasteiger partial charge in [0.25, 0.3) is 0 Å². The zero-order chi connectivity index (χ0) is 21.3. The maximum absolute atomic E-state index is 12.8. The molecule has 3 aromatic carbocycles. The molecule has 4 rings (SSSR count). The van der Waals surface area contributed by atoms with Crippen LogP contribution < -0.4 is 9.96 Å². The van der Waals surface area contributed by atoms with Gasteiger partial charge in [-0.15, -0.1) is 0 Å². The van der Waals surface area contributed by atoms with E-state index >= 15 is 0 Å². The molecular weight excluding hydrogens is 384 g/mol. The van der Waals surface area contributed by atoms with E-state index in [0.717, 1.165) is 0 Å². The minimum Gasteiger partial charge on any atom is -0.595 e. The molecule has 7 nitrogen and oxygen atoms in total. The summed E-state index contributed by atoms with van der Waals surface area (Å²) in [7, 11) is 0. The van der Waals surface area contributed by atoms with E-state index in [1.807, 2.05) is 18.2 Å². The first kappa shape index (κ1) is 19.5. The number of aromatic nitrogens is 1. The minimum absolute atomic E-state index is 0.0306. The highest BCUT2D eigenvalue weighted by Gasteiger charge is 2.25. The number of esters is 1. The highest BCUT2D eigenvalue weighted by Crippen LogP contribution is 2.41. The van der Waals surface area contributed by atoms with Gasteiger partial charge in [0.05, 0.1) is 16.8 Å². The minimum atomic E-state index is -1.11. The molecule has 0 aliphatic carbocycles. The van der Waals surface area contributed by atoms with E-state index in [-0.39, 0.29) is 17.3 Å². The summed E-state index contributed by atoms with van der Waals surface area (Å²) in [6, 6.07) is 22.0. The van der Waals surface area contributed by atoms with Gasteiger partial charge in [-0.2, -0.15) is 5.23 Å². The van der Waals surface area contributed by atoms with Gasteiger partial charge in [-0.3, -0.25) is 9.36 Å². The number of carbonyl (C=O) groups excluding carboxylic acids is 2. The highest BCUT2D eigenvalue weighted by atomic mass is 16.8. The topological polar surface area (TPSA) is 96.0 Å². The number of hydrogen-bond donors (Lipinski definition) is 2. The molecule has 4 aromatic rings. The van der Waals surface area contributed by atoms with Crippen LogP contribution in [-0.4, -0.2) is 21.7 Å². The number of ether oxygens (including phenoxy) is 1. The van der Waals surface area contributed by atoms with Gasteiger partial charge in [-0.1, -0.05) is 48.5 Å². The molecular formula is C23H18N2O5. The normalized spacial score (nSPS) is 12.0. The van der Waals surface area contributed by atoms with Crippen molar-refractivity contribution in [1.82, 2.24) is 4.57 Å². The number of rotatable bonds is 4. The Hall–Kier alpha value is -3.78. The third-order valence-corrected chi connectivity index (χ3v) is 4.74. The van der Waals surface area contributed by atoms with Crippen LogP contribution in [0.15, 0.2) is 78.9 Å². The number of nitrogens with zero attached hydrogens (tertiary/aromatic N) is 1. The van der Waals surface area contributed by atoms with Crippen molar-refractivity contribution >= 4 is 28.5 Å². The molecule has 30 heavy (non-hydrogen) atoms. The number of hydrogen-bond acceptors (Lipinski definition) is 5. The van der Waals surface area contributed by atoms with E-state index in [1.165, 1.54) is 23.6 Å². The SMILES string of the molecule is CC(=O)n1c(-c2ccccc2)c(OC(=O)c2ccccc2)c2ccc([NH+]([O-])O)cc21. The zero-order valence-corrected chi connectivity index (χ0v) is 16.0.